The van der Waals surface area contributed by atoms with Crippen LogP contribution in [0.1, 0.15) is 60.8 Å². The smallest absolute Gasteiger partial charge is 0.515 e. The van der Waals surface area contributed by atoms with E-state index in [0.29, 0.717) is 22.9 Å². The summed E-state index contributed by atoms with van der Waals surface area (Å²) < 4.78 is 6.85. The van der Waals surface area contributed by atoms with Crippen LogP contribution in [0.5, 0.6) is 11.5 Å². The number of hydrogen-bond donors (Lipinski definition) is 0. The van der Waals surface area contributed by atoms with Gasteiger partial charge in [-0.2, -0.15) is 0 Å². The summed E-state index contributed by atoms with van der Waals surface area (Å²) in [5.41, 5.74) is 20.4. The number of ether oxygens (including phenoxy) is 1. The number of aromatic nitrogens is 5. The summed E-state index contributed by atoms with van der Waals surface area (Å²) in [5.74, 6) is 1.56. The van der Waals surface area contributed by atoms with Gasteiger partial charge in [0.05, 0.1) is 0 Å². The Labute approximate surface area is 454 Å². The van der Waals surface area contributed by atoms with Crippen LogP contribution in [0, 0.1) is 30.3 Å². The van der Waals surface area contributed by atoms with Crippen LogP contribution in [0.25, 0.3) is 89.7 Å². The second-order valence-corrected chi connectivity index (χ2v) is 17.7. The van der Waals surface area contributed by atoms with E-state index in [4.69, 9.17) is 4.74 Å². The first-order valence-corrected chi connectivity index (χ1v) is 24.1. The Morgan fingerprint density at radius 3 is 1.42 bits per heavy atom. The van der Waals surface area contributed by atoms with Gasteiger partial charge in [0.1, 0.15) is 0 Å². The fraction of sp³-hybridized carbons (Fsp3) is 0.0923. The number of nitrogens with zero attached hydrogens (tertiary/aromatic N) is 5. The predicted molar refractivity (Wildman–Crippen MR) is 283 cm³/mol. The Bertz CT molecular complexity index is 3460. The van der Waals surface area contributed by atoms with Crippen molar-refractivity contribution in [2.45, 2.75) is 38.5 Å². The summed E-state index contributed by atoms with van der Waals surface area (Å²) in [4.78, 5) is 22.8. The molecule has 0 bridgehead atoms. The Kier molecular flexibility index (Phi) is 15.1. The molecule has 2 aliphatic carbocycles. The van der Waals surface area contributed by atoms with E-state index >= 15 is 0 Å². The minimum atomic E-state index is 0. The van der Waals surface area contributed by atoms with Gasteiger partial charge in [-0.25, -0.2) is 17.7 Å². The Morgan fingerprint density at radius 2 is 0.890 bits per heavy atom. The molecule has 4 heterocycles. The van der Waals surface area contributed by atoms with Crippen molar-refractivity contribution in [1.29, 1.82) is 0 Å². The molecule has 6 nitrogen and oxygen atoms in total. The first-order valence-electron chi connectivity index (χ1n) is 24.1. The SMILES string of the molecule is [Ir+3].[Pt+2].[c-]1cc(-c2ccccc2-c2cc(C3=C(c4c[c-]c(-c5ccccn5)cc4)CCC3)cc(C3=C(c4c[c-]c(-c5ccccn5)cc4)CCC3)c2)c(Oc2[c-]c(-c3ccccn3)ccc2)[c-]c1-c1ncccn1. The number of rotatable bonds is 12. The van der Waals surface area contributed by atoms with Crippen molar-refractivity contribution in [2.24, 2.45) is 0 Å². The molecule has 0 radical (unpaired) electrons. The van der Waals surface area contributed by atoms with E-state index in [1.165, 1.54) is 44.5 Å². The van der Waals surface area contributed by atoms with E-state index in [0.717, 1.165) is 94.6 Å². The van der Waals surface area contributed by atoms with Crippen LogP contribution >= 0.6 is 0 Å². The van der Waals surface area contributed by atoms with Crippen molar-refractivity contribution in [2.75, 3.05) is 0 Å². The van der Waals surface area contributed by atoms with Crippen LogP contribution in [-0.2, 0) is 41.2 Å². The fourth-order valence-electron chi connectivity index (χ4n) is 10.00. The minimum Gasteiger partial charge on any atom is -0.515 e. The molecule has 6 aromatic carbocycles. The van der Waals surface area contributed by atoms with Crippen LogP contribution in [0.2, 0.25) is 0 Å². The maximum atomic E-state index is 6.85. The third-order valence-electron chi connectivity index (χ3n) is 13.4. The van der Waals surface area contributed by atoms with Gasteiger partial charge in [-0.3, -0.25) is 6.07 Å². The van der Waals surface area contributed by atoms with E-state index in [-0.39, 0.29) is 41.2 Å². The van der Waals surface area contributed by atoms with E-state index in [1.54, 1.807) is 24.7 Å². The molecule has 0 N–H and O–H groups in total. The number of allylic oxidation sites excluding steroid dienone is 4. The van der Waals surface area contributed by atoms with Gasteiger partial charge in [0.2, 0.25) is 0 Å². The molecule has 10 aromatic rings. The fourth-order valence-corrected chi connectivity index (χ4v) is 10.00. The number of pyridine rings is 3. The molecule has 0 aliphatic heterocycles. The average Bonchev–Trinajstić information content (AvgIpc) is 4.16. The van der Waals surface area contributed by atoms with Crippen LogP contribution in [0.4, 0.5) is 0 Å². The molecule has 354 valence electrons. The van der Waals surface area contributed by atoms with Gasteiger partial charge in [0.15, 0.2) is 0 Å². The molecule has 0 fully saturated rings. The summed E-state index contributed by atoms with van der Waals surface area (Å²) in [6, 6.07) is 74.0. The van der Waals surface area contributed by atoms with Gasteiger partial charge in [0, 0.05) is 36.7 Å². The summed E-state index contributed by atoms with van der Waals surface area (Å²) in [7, 11) is 0. The molecule has 2 aliphatic rings. The molecule has 8 heteroatoms. The molecule has 12 rings (SSSR count). The summed E-state index contributed by atoms with van der Waals surface area (Å²) in [5, 5.41) is 0. The van der Waals surface area contributed by atoms with Crippen molar-refractivity contribution in [3.63, 3.8) is 0 Å². The second-order valence-electron chi connectivity index (χ2n) is 17.7. The van der Waals surface area contributed by atoms with Gasteiger partial charge >= 0.3 is 41.2 Å². The minimum absolute atomic E-state index is 0. The van der Waals surface area contributed by atoms with Crippen molar-refractivity contribution in [3.05, 3.63) is 247 Å². The van der Waals surface area contributed by atoms with Crippen molar-refractivity contribution in [1.82, 2.24) is 24.9 Å². The molecule has 0 spiro atoms. The predicted octanol–water partition coefficient (Wildman–Crippen LogP) is 15.6. The van der Waals surface area contributed by atoms with Gasteiger partial charge < -0.3 is 29.7 Å². The largest absolute Gasteiger partial charge is 3.00 e. The van der Waals surface area contributed by atoms with Gasteiger partial charge in [-0.05, 0) is 143 Å². The quantitative estimate of drug-likeness (QED) is 0.114. The van der Waals surface area contributed by atoms with E-state index in [1.807, 2.05) is 91.3 Å². The molecule has 4 aromatic heterocycles. The van der Waals surface area contributed by atoms with Crippen molar-refractivity contribution in [3.8, 4) is 78.9 Å². The third kappa shape index (κ3) is 10.5. The second kappa shape index (κ2) is 22.5. The van der Waals surface area contributed by atoms with Crippen LogP contribution in [-0.4, -0.2) is 24.9 Å². The molecule has 0 unspecified atom stereocenters. The summed E-state index contributed by atoms with van der Waals surface area (Å²) >= 11 is 0. The van der Waals surface area contributed by atoms with Gasteiger partial charge in [0.25, 0.3) is 0 Å². The normalized spacial score (nSPS) is 13.1. The Hall–Kier alpha value is -7.53. The monoisotopic (exact) mass is 1300 g/mol. The standard InChI is InChI=1S/C65H44N5O.Ir.Pt/c1-2-16-59(60-33-32-49(65-69-37-12-38-70-65)43-64(60)71-53-14-9-13-48(42-53)63-23-5-8-36-68-63)58(15-1)52-40-50(56-19-10-17-54(56)44-24-28-46(29-25-44)61-21-3-6-34-66-61)39-51(41-52)57-20-11-18-55(57)45-26-30-47(31-27-45)62-22-4-7-35-67-62;;/h1-9,12-16,21-28,30,33-41H,10-11,17-20H2;;/q-5;+3;+2. The molecule has 0 saturated heterocycles. The van der Waals surface area contributed by atoms with Gasteiger partial charge in [-0.1, -0.05) is 83.4 Å². The molecule has 0 saturated carbocycles. The van der Waals surface area contributed by atoms with Crippen molar-refractivity contribution < 1.29 is 45.9 Å². The molecule has 0 atom stereocenters. The molecule has 73 heavy (non-hydrogen) atoms. The topological polar surface area (TPSA) is 73.7 Å². The zero-order valence-corrected chi connectivity index (χ0v) is 44.2. The maximum Gasteiger partial charge on any atom is 3.00 e. The summed E-state index contributed by atoms with van der Waals surface area (Å²) in [6.07, 6.45) is 15.0. The first kappa shape index (κ1) is 49.1. The van der Waals surface area contributed by atoms with Gasteiger partial charge in [-0.15, -0.1) is 100 Å². The molecule has 0 amide bonds. The van der Waals surface area contributed by atoms with E-state index in [2.05, 4.69) is 134 Å². The summed E-state index contributed by atoms with van der Waals surface area (Å²) in [6.45, 7) is 0. The van der Waals surface area contributed by atoms with E-state index < -0.39 is 0 Å². The molecular formula is C65H44IrN5OPt. The number of hydrogen-bond acceptors (Lipinski definition) is 6. The zero-order valence-electron chi connectivity index (χ0n) is 39.5. The Morgan fingerprint density at radius 1 is 0.384 bits per heavy atom. The van der Waals surface area contributed by atoms with Crippen LogP contribution in [0.15, 0.2) is 195 Å². The number of benzene rings is 6. The Balaban J connectivity index is 0.00000306. The maximum absolute atomic E-state index is 6.85. The van der Waals surface area contributed by atoms with Crippen LogP contribution < -0.4 is 4.74 Å². The average molecular weight is 1300 g/mol. The van der Waals surface area contributed by atoms with Crippen LogP contribution in [0.3, 0.4) is 0 Å². The third-order valence-corrected chi connectivity index (χ3v) is 13.4. The molecular weight excluding hydrogens is 1250 g/mol. The zero-order chi connectivity index (χ0) is 47.3. The first-order chi connectivity index (χ1) is 35.2. The van der Waals surface area contributed by atoms with E-state index in [9.17, 15) is 0 Å². The van der Waals surface area contributed by atoms with Crippen molar-refractivity contribution >= 4 is 22.3 Å².